The highest BCUT2D eigenvalue weighted by Gasteiger charge is 2.10. The molecule has 0 spiro atoms. The maximum absolute atomic E-state index is 14.3. The number of nitrogens with zero attached hydrogens (tertiary/aromatic N) is 1. The van der Waals surface area contributed by atoms with Crippen molar-refractivity contribution in [1.29, 1.82) is 0 Å². The third kappa shape index (κ3) is 9.12. The molecule has 0 radical (unpaired) electrons. The lowest BCUT2D eigenvalue weighted by molar-refractivity contribution is -0.113. The van der Waals surface area contributed by atoms with Gasteiger partial charge in [0.25, 0.3) is 0 Å². The smallest absolute Gasteiger partial charge is 0.214 e. The van der Waals surface area contributed by atoms with Gasteiger partial charge in [0.05, 0.1) is 12.0 Å². The van der Waals surface area contributed by atoms with Crippen molar-refractivity contribution in [3.05, 3.63) is 59.9 Å². The number of benzene rings is 1. The predicted octanol–water partition coefficient (Wildman–Crippen LogP) is 6.71. The number of aliphatic imine (C=N–C) groups is 1. The van der Waals surface area contributed by atoms with Crippen LogP contribution in [0.4, 0.5) is 4.39 Å². The van der Waals surface area contributed by atoms with Gasteiger partial charge in [-0.3, -0.25) is 4.79 Å². The number of rotatable bonds is 14. The molecule has 0 saturated heterocycles. The Labute approximate surface area is 169 Å². The number of carbonyl (C=O) groups excluding carboxylic acids is 1. The van der Waals surface area contributed by atoms with Crippen molar-refractivity contribution in [2.45, 2.75) is 78.6 Å². The summed E-state index contributed by atoms with van der Waals surface area (Å²) in [6.45, 7) is 9.11. The summed E-state index contributed by atoms with van der Waals surface area (Å²) in [5.41, 5.74) is 1.97. The Bertz CT molecular complexity index is 692. The molecule has 1 aromatic rings. The number of ketones is 1. The van der Waals surface area contributed by atoms with Crippen LogP contribution in [0.25, 0.3) is 0 Å². The van der Waals surface area contributed by atoms with Crippen LogP contribution in [0, 0.1) is 5.82 Å². The minimum atomic E-state index is -0.167. The Hall–Kier alpha value is -2.23. The van der Waals surface area contributed by atoms with E-state index in [1.165, 1.54) is 31.9 Å². The first-order chi connectivity index (χ1) is 13.5. The summed E-state index contributed by atoms with van der Waals surface area (Å²) in [6.07, 6.45) is 11.7. The molecule has 0 atom stereocenters. The number of unbranched alkanes of at least 4 members (excludes halogenated alkanes) is 5. The van der Waals surface area contributed by atoms with Crippen molar-refractivity contribution in [3.63, 3.8) is 0 Å². The average molecular weight is 388 g/mol. The summed E-state index contributed by atoms with van der Waals surface area (Å²) < 4.78 is 19.4. The zero-order valence-corrected chi connectivity index (χ0v) is 17.6. The van der Waals surface area contributed by atoms with Crippen LogP contribution in [-0.2, 0) is 22.4 Å². The van der Waals surface area contributed by atoms with Crippen molar-refractivity contribution in [3.8, 4) is 0 Å². The lowest BCUT2D eigenvalue weighted by atomic mass is 10.0. The van der Waals surface area contributed by atoms with Gasteiger partial charge in [-0.15, -0.1) is 0 Å². The fraction of sp³-hybridized carbons (Fsp3) is 0.500. The molecular weight excluding hydrogens is 353 g/mol. The van der Waals surface area contributed by atoms with Gasteiger partial charge in [-0.1, -0.05) is 57.7 Å². The molecule has 0 aliphatic carbocycles. The number of Topliss-reactive ketones (excluding diaryl/α,β-unsaturated/α-hetero) is 1. The predicted molar refractivity (Wildman–Crippen MR) is 115 cm³/mol. The molecule has 0 aliphatic heterocycles. The molecule has 0 aromatic heterocycles. The first-order valence-electron chi connectivity index (χ1n) is 10.3. The molecule has 4 heteroatoms. The van der Waals surface area contributed by atoms with E-state index >= 15 is 0 Å². The SMILES string of the molecule is C=CO/C(=C/C)N=C(C)C(=O)CCc1ccc(CCCCCCCC)c(F)c1. The molecule has 0 heterocycles. The van der Waals surface area contributed by atoms with Crippen LogP contribution < -0.4 is 0 Å². The highest BCUT2D eigenvalue weighted by Crippen LogP contribution is 2.16. The van der Waals surface area contributed by atoms with E-state index in [0.717, 1.165) is 30.4 Å². The molecule has 0 amide bonds. The van der Waals surface area contributed by atoms with Gasteiger partial charge < -0.3 is 4.74 Å². The van der Waals surface area contributed by atoms with Gasteiger partial charge in [0.2, 0.25) is 5.88 Å². The number of hydrogen-bond acceptors (Lipinski definition) is 3. The van der Waals surface area contributed by atoms with E-state index in [0.29, 0.717) is 18.0 Å². The third-order valence-electron chi connectivity index (χ3n) is 4.69. The van der Waals surface area contributed by atoms with Crippen LogP contribution in [0.5, 0.6) is 0 Å². The van der Waals surface area contributed by atoms with E-state index in [1.807, 2.05) is 12.1 Å². The van der Waals surface area contributed by atoms with Gasteiger partial charge in [-0.25, -0.2) is 9.38 Å². The summed E-state index contributed by atoms with van der Waals surface area (Å²) in [5, 5.41) is 0. The second-order valence-electron chi connectivity index (χ2n) is 6.98. The fourth-order valence-corrected chi connectivity index (χ4v) is 2.96. The van der Waals surface area contributed by atoms with E-state index in [2.05, 4.69) is 18.5 Å². The van der Waals surface area contributed by atoms with Gasteiger partial charge >= 0.3 is 0 Å². The van der Waals surface area contributed by atoms with E-state index in [4.69, 9.17) is 4.74 Å². The number of allylic oxidation sites excluding steroid dienone is 1. The van der Waals surface area contributed by atoms with Crippen LogP contribution in [-0.4, -0.2) is 11.5 Å². The fourth-order valence-electron chi connectivity index (χ4n) is 2.96. The third-order valence-corrected chi connectivity index (χ3v) is 4.69. The highest BCUT2D eigenvalue weighted by atomic mass is 19.1. The number of hydrogen-bond donors (Lipinski definition) is 0. The van der Waals surface area contributed by atoms with Crippen LogP contribution in [0.3, 0.4) is 0 Å². The second-order valence-corrected chi connectivity index (χ2v) is 6.98. The first kappa shape index (κ1) is 23.8. The van der Waals surface area contributed by atoms with E-state index < -0.39 is 0 Å². The van der Waals surface area contributed by atoms with E-state index in [1.54, 1.807) is 26.0 Å². The zero-order valence-electron chi connectivity index (χ0n) is 17.6. The van der Waals surface area contributed by atoms with Gasteiger partial charge in [0.15, 0.2) is 5.78 Å². The second kappa shape index (κ2) is 13.9. The maximum Gasteiger partial charge on any atom is 0.214 e. The molecule has 0 N–H and O–H groups in total. The Morgan fingerprint density at radius 2 is 1.89 bits per heavy atom. The molecule has 0 saturated carbocycles. The number of ether oxygens (including phenoxy) is 1. The summed E-state index contributed by atoms with van der Waals surface area (Å²) in [5.74, 6) is 0.0917. The first-order valence-corrected chi connectivity index (χ1v) is 10.3. The normalized spacial score (nSPS) is 12.1. The average Bonchev–Trinajstić information content (AvgIpc) is 2.69. The molecule has 0 unspecified atom stereocenters. The molecular formula is C24H34FNO2. The standard InChI is InChI=1S/C24H34FNO2/c1-5-8-9-10-11-12-13-21-16-14-20(18-22(21)25)15-17-23(27)19(4)26-24(6-2)28-7-3/h6-7,14,16,18H,3,5,8-13,15,17H2,1-2,4H3/b24-6+,26-19?. The van der Waals surface area contributed by atoms with E-state index in [-0.39, 0.29) is 18.0 Å². The van der Waals surface area contributed by atoms with Crippen LogP contribution in [0.2, 0.25) is 0 Å². The Balaban J connectivity index is 2.50. The van der Waals surface area contributed by atoms with Crippen LogP contribution >= 0.6 is 0 Å². The molecule has 0 bridgehead atoms. The Morgan fingerprint density at radius 1 is 1.18 bits per heavy atom. The largest absolute Gasteiger partial charge is 0.448 e. The molecule has 1 aromatic carbocycles. The monoisotopic (exact) mass is 387 g/mol. The lowest BCUT2D eigenvalue weighted by Gasteiger charge is -2.07. The molecule has 1 rings (SSSR count). The number of halogens is 1. The zero-order chi connectivity index (χ0) is 20.8. The van der Waals surface area contributed by atoms with Gasteiger partial charge in [-0.2, -0.15) is 0 Å². The van der Waals surface area contributed by atoms with E-state index in [9.17, 15) is 9.18 Å². The van der Waals surface area contributed by atoms with Crippen molar-refractivity contribution in [2.24, 2.45) is 4.99 Å². The molecule has 0 aliphatic rings. The van der Waals surface area contributed by atoms with Gasteiger partial charge in [-0.05, 0) is 56.4 Å². The van der Waals surface area contributed by atoms with Crippen LogP contribution in [0.1, 0.15) is 76.8 Å². The summed E-state index contributed by atoms with van der Waals surface area (Å²) >= 11 is 0. The van der Waals surface area contributed by atoms with Crippen molar-refractivity contribution >= 4 is 11.5 Å². The quantitative estimate of drug-likeness (QED) is 0.202. The maximum atomic E-state index is 14.3. The molecule has 3 nitrogen and oxygen atoms in total. The summed E-state index contributed by atoms with van der Waals surface area (Å²) in [6, 6.07) is 5.34. The van der Waals surface area contributed by atoms with Crippen molar-refractivity contribution in [2.75, 3.05) is 0 Å². The Morgan fingerprint density at radius 3 is 2.54 bits per heavy atom. The van der Waals surface area contributed by atoms with Gasteiger partial charge in [0.1, 0.15) is 5.82 Å². The Kier molecular flexibility index (Phi) is 11.8. The summed E-state index contributed by atoms with van der Waals surface area (Å²) in [7, 11) is 0. The lowest BCUT2D eigenvalue weighted by Crippen LogP contribution is -2.11. The van der Waals surface area contributed by atoms with Gasteiger partial charge in [0, 0.05) is 6.42 Å². The minimum Gasteiger partial charge on any atom is -0.448 e. The summed E-state index contributed by atoms with van der Waals surface area (Å²) in [4.78, 5) is 16.4. The number of aryl methyl sites for hydroxylation is 2. The topological polar surface area (TPSA) is 38.7 Å². The molecule has 0 fully saturated rings. The minimum absolute atomic E-state index is 0.0800. The van der Waals surface area contributed by atoms with Crippen molar-refractivity contribution in [1.82, 2.24) is 0 Å². The van der Waals surface area contributed by atoms with Crippen molar-refractivity contribution < 1.29 is 13.9 Å². The highest BCUT2D eigenvalue weighted by molar-refractivity contribution is 6.39. The molecule has 154 valence electrons. The number of carbonyl (C=O) groups is 1. The molecule has 28 heavy (non-hydrogen) atoms. The van der Waals surface area contributed by atoms with Crippen LogP contribution in [0.15, 0.2) is 48.0 Å².